The van der Waals surface area contributed by atoms with Gasteiger partial charge in [0.05, 0.1) is 10.7 Å². The molecule has 1 aromatic carbocycles. The first-order valence-corrected chi connectivity index (χ1v) is 9.40. The van der Waals surface area contributed by atoms with Crippen LogP contribution in [0.4, 0.5) is 11.5 Å². The molecule has 6 nitrogen and oxygen atoms in total. The Hall–Kier alpha value is -2.60. The molecule has 0 unspecified atom stereocenters. The molecule has 1 aromatic heterocycles. The Balaban J connectivity index is 1.55. The Labute approximate surface area is 164 Å². The number of piperazine rings is 1. The fraction of sp³-hybridized carbons (Fsp3) is 0.350. The monoisotopic (exact) mass is 386 g/mol. The molecule has 0 atom stereocenters. The van der Waals surface area contributed by atoms with Gasteiger partial charge in [-0.15, -0.1) is 0 Å². The second-order valence-corrected chi connectivity index (χ2v) is 6.84. The van der Waals surface area contributed by atoms with Gasteiger partial charge >= 0.3 is 0 Å². The van der Waals surface area contributed by atoms with Crippen molar-refractivity contribution in [2.45, 2.75) is 13.3 Å². The molecule has 0 bridgehead atoms. The minimum absolute atomic E-state index is 0.0500. The van der Waals surface area contributed by atoms with E-state index < -0.39 is 0 Å². The molecule has 0 saturated carbocycles. The Morgan fingerprint density at radius 1 is 1.07 bits per heavy atom. The number of carbonyl (C=O) groups excluding carboxylic acids is 2. The molecular weight excluding hydrogens is 364 g/mol. The van der Waals surface area contributed by atoms with Crippen LogP contribution in [-0.4, -0.2) is 54.4 Å². The molecule has 142 valence electrons. The zero-order valence-electron chi connectivity index (χ0n) is 15.3. The molecule has 0 spiro atoms. The van der Waals surface area contributed by atoms with Crippen molar-refractivity contribution in [1.82, 2.24) is 9.88 Å². The van der Waals surface area contributed by atoms with Crippen molar-refractivity contribution in [3.63, 3.8) is 0 Å². The van der Waals surface area contributed by atoms with Gasteiger partial charge in [-0.2, -0.15) is 0 Å². The maximum atomic E-state index is 12.6. The van der Waals surface area contributed by atoms with Crippen LogP contribution in [0.15, 0.2) is 48.7 Å². The summed E-state index contributed by atoms with van der Waals surface area (Å²) < 4.78 is 0. The summed E-state index contributed by atoms with van der Waals surface area (Å²) in [5.41, 5.74) is 0.638. The van der Waals surface area contributed by atoms with Crippen LogP contribution in [0.5, 0.6) is 0 Å². The van der Waals surface area contributed by atoms with Crippen molar-refractivity contribution in [2.75, 3.05) is 42.5 Å². The van der Waals surface area contributed by atoms with Crippen LogP contribution < -0.4 is 9.80 Å². The summed E-state index contributed by atoms with van der Waals surface area (Å²) in [6.45, 7) is 4.62. The number of hydrogen-bond donors (Lipinski definition) is 0. The molecule has 27 heavy (non-hydrogen) atoms. The summed E-state index contributed by atoms with van der Waals surface area (Å²) >= 11 is 6.20. The number of nitrogens with zero attached hydrogens (tertiary/aromatic N) is 4. The van der Waals surface area contributed by atoms with E-state index >= 15 is 0 Å². The van der Waals surface area contributed by atoms with Gasteiger partial charge in [0.2, 0.25) is 11.8 Å². The molecule has 2 amide bonds. The molecule has 1 saturated heterocycles. The first-order chi connectivity index (χ1) is 13.1. The van der Waals surface area contributed by atoms with Crippen LogP contribution >= 0.6 is 11.6 Å². The number of benzene rings is 1. The summed E-state index contributed by atoms with van der Waals surface area (Å²) in [4.78, 5) is 34.6. The quantitative estimate of drug-likeness (QED) is 0.792. The van der Waals surface area contributed by atoms with E-state index in [1.807, 2.05) is 35.2 Å². The Bertz CT molecular complexity index is 792. The predicted molar refractivity (Wildman–Crippen MR) is 107 cm³/mol. The van der Waals surface area contributed by atoms with Gasteiger partial charge in [0, 0.05) is 52.3 Å². The lowest BCUT2D eigenvalue weighted by molar-refractivity contribution is -0.131. The van der Waals surface area contributed by atoms with Gasteiger partial charge in [0.15, 0.2) is 0 Å². The van der Waals surface area contributed by atoms with E-state index in [1.165, 1.54) is 6.92 Å². The summed E-state index contributed by atoms with van der Waals surface area (Å²) in [5, 5.41) is 0.504. The first kappa shape index (κ1) is 19.2. The third-order valence-corrected chi connectivity index (χ3v) is 5.00. The lowest BCUT2D eigenvalue weighted by Crippen LogP contribution is -2.49. The van der Waals surface area contributed by atoms with Gasteiger partial charge < -0.3 is 14.7 Å². The number of carbonyl (C=O) groups is 2. The highest BCUT2D eigenvalue weighted by Gasteiger charge is 2.23. The third kappa shape index (κ3) is 4.77. The number of hydrogen-bond acceptors (Lipinski definition) is 4. The largest absolute Gasteiger partial charge is 0.353 e. The predicted octanol–water partition coefficient (Wildman–Crippen LogP) is 2.83. The SMILES string of the molecule is CC(=O)N(CCC(=O)N1CCN(c2ccccn2)CC1)c1ccccc1Cl. The summed E-state index contributed by atoms with van der Waals surface area (Å²) in [6.07, 6.45) is 2.05. The topological polar surface area (TPSA) is 56.8 Å². The van der Waals surface area contributed by atoms with Crippen molar-refractivity contribution in [3.8, 4) is 0 Å². The average molecular weight is 387 g/mol. The smallest absolute Gasteiger partial charge is 0.224 e. The molecule has 0 aliphatic carbocycles. The van der Waals surface area contributed by atoms with Gasteiger partial charge in [0.25, 0.3) is 0 Å². The van der Waals surface area contributed by atoms with Gasteiger partial charge in [-0.25, -0.2) is 4.98 Å². The van der Waals surface area contributed by atoms with Crippen LogP contribution in [0.2, 0.25) is 5.02 Å². The van der Waals surface area contributed by atoms with E-state index in [1.54, 1.807) is 23.2 Å². The highest BCUT2D eigenvalue weighted by atomic mass is 35.5. The summed E-state index contributed by atoms with van der Waals surface area (Å²) in [7, 11) is 0. The van der Waals surface area contributed by atoms with Crippen molar-refractivity contribution in [2.24, 2.45) is 0 Å². The zero-order chi connectivity index (χ0) is 19.2. The van der Waals surface area contributed by atoms with E-state index in [0.717, 1.165) is 18.9 Å². The Morgan fingerprint density at radius 3 is 2.41 bits per heavy atom. The molecule has 2 aromatic rings. The molecule has 0 N–H and O–H groups in total. The van der Waals surface area contributed by atoms with Crippen LogP contribution in [0.1, 0.15) is 13.3 Å². The maximum absolute atomic E-state index is 12.6. The van der Waals surface area contributed by atoms with Gasteiger partial charge in [0.1, 0.15) is 5.82 Å². The molecule has 1 aliphatic rings. The number of aromatic nitrogens is 1. The van der Waals surface area contributed by atoms with Crippen LogP contribution in [0, 0.1) is 0 Å². The van der Waals surface area contributed by atoms with Crippen LogP contribution in [0.3, 0.4) is 0 Å². The molecule has 0 radical (unpaired) electrons. The zero-order valence-corrected chi connectivity index (χ0v) is 16.1. The van der Waals surface area contributed by atoms with Gasteiger partial charge in [-0.3, -0.25) is 9.59 Å². The van der Waals surface area contributed by atoms with E-state index in [-0.39, 0.29) is 18.2 Å². The van der Waals surface area contributed by atoms with Gasteiger partial charge in [-0.05, 0) is 24.3 Å². The lowest BCUT2D eigenvalue weighted by atomic mass is 10.2. The number of amides is 2. The van der Waals surface area contributed by atoms with E-state index in [9.17, 15) is 9.59 Å². The van der Waals surface area contributed by atoms with Crippen LogP contribution in [-0.2, 0) is 9.59 Å². The average Bonchev–Trinajstić information content (AvgIpc) is 2.70. The summed E-state index contributed by atoms with van der Waals surface area (Å²) in [6, 6.07) is 13.0. The molecule has 1 fully saturated rings. The Morgan fingerprint density at radius 2 is 1.78 bits per heavy atom. The number of para-hydroxylation sites is 1. The normalized spacial score (nSPS) is 14.1. The summed E-state index contributed by atoms with van der Waals surface area (Å²) in [5.74, 6) is 0.857. The number of rotatable bonds is 5. The molecule has 1 aliphatic heterocycles. The van der Waals surface area contributed by atoms with Crippen molar-refractivity contribution in [3.05, 3.63) is 53.7 Å². The highest BCUT2D eigenvalue weighted by molar-refractivity contribution is 6.33. The van der Waals surface area contributed by atoms with Crippen LogP contribution in [0.25, 0.3) is 0 Å². The minimum Gasteiger partial charge on any atom is -0.353 e. The van der Waals surface area contributed by atoms with Crippen molar-refractivity contribution >= 4 is 34.9 Å². The van der Waals surface area contributed by atoms with E-state index in [4.69, 9.17) is 11.6 Å². The standard InChI is InChI=1S/C20H23ClN4O2/c1-16(26)25(18-7-3-2-6-17(18)21)11-9-20(27)24-14-12-23(13-15-24)19-8-4-5-10-22-19/h2-8,10H,9,11-15H2,1H3. The van der Waals surface area contributed by atoms with E-state index in [2.05, 4.69) is 9.88 Å². The fourth-order valence-electron chi connectivity index (χ4n) is 3.21. The second-order valence-electron chi connectivity index (χ2n) is 6.43. The maximum Gasteiger partial charge on any atom is 0.224 e. The molecule has 2 heterocycles. The van der Waals surface area contributed by atoms with Crippen molar-refractivity contribution in [1.29, 1.82) is 0 Å². The fourth-order valence-corrected chi connectivity index (χ4v) is 3.45. The first-order valence-electron chi connectivity index (χ1n) is 9.02. The Kier molecular flexibility index (Phi) is 6.29. The highest BCUT2D eigenvalue weighted by Crippen LogP contribution is 2.25. The number of halogens is 1. The minimum atomic E-state index is -0.129. The molecule has 3 rings (SSSR count). The number of pyridine rings is 1. The molecule has 7 heteroatoms. The van der Waals surface area contributed by atoms with E-state index in [0.29, 0.717) is 30.3 Å². The lowest BCUT2D eigenvalue weighted by Gasteiger charge is -2.35. The van der Waals surface area contributed by atoms with Gasteiger partial charge in [-0.1, -0.05) is 29.8 Å². The van der Waals surface area contributed by atoms with Crippen molar-refractivity contribution < 1.29 is 9.59 Å². The molecular formula is C20H23ClN4O2. The number of anilines is 2. The third-order valence-electron chi connectivity index (χ3n) is 4.68. The second kappa shape index (κ2) is 8.86.